The van der Waals surface area contributed by atoms with Gasteiger partial charge in [-0.3, -0.25) is 4.79 Å². The van der Waals surface area contributed by atoms with Gasteiger partial charge in [-0.15, -0.1) is 0 Å². The van der Waals surface area contributed by atoms with Crippen molar-refractivity contribution in [2.75, 3.05) is 20.8 Å². The number of benzene rings is 1. The first-order valence-corrected chi connectivity index (χ1v) is 9.41. The van der Waals surface area contributed by atoms with E-state index in [0.717, 1.165) is 37.3 Å². The third-order valence-electron chi connectivity index (χ3n) is 6.20. The monoisotopic (exact) mass is 353 g/mol. The van der Waals surface area contributed by atoms with Crippen molar-refractivity contribution in [3.05, 3.63) is 47.1 Å². The van der Waals surface area contributed by atoms with Gasteiger partial charge in [0.25, 0.3) is 0 Å². The van der Waals surface area contributed by atoms with Crippen LogP contribution in [-0.4, -0.2) is 31.6 Å². The van der Waals surface area contributed by atoms with Crippen LogP contribution in [-0.2, 0) is 16.8 Å². The molecule has 0 N–H and O–H groups in total. The maximum absolute atomic E-state index is 13.3. The van der Waals surface area contributed by atoms with Gasteiger partial charge in [0.2, 0.25) is 5.91 Å². The van der Waals surface area contributed by atoms with Gasteiger partial charge in [-0.25, -0.2) is 0 Å². The van der Waals surface area contributed by atoms with Crippen LogP contribution < -0.4 is 9.47 Å². The highest BCUT2D eigenvalue weighted by Gasteiger charge is 2.59. The van der Waals surface area contributed by atoms with Gasteiger partial charge in [0.15, 0.2) is 11.5 Å². The van der Waals surface area contributed by atoms with Gasteiger partial charge in [0, 0.05) is 12.5 Å². The molecule has 3 atom stereocenters. The van der Waals surface area contributed by atoms with E-state index in [4.69, 9.17) is 9.47 Å². The summed E-state index contributed by atoms with van der Waals surface area (Å²) in [7, 11) is 3.35. The van der Waals surface area contributed by atoms with E-state index in [1.807, 2.05) is 0 Å². The van der Waals surface area contributed by atoms with Crippen LogP contribution in [0.25, 0.3) is 0 Å². The second-order valence-corrected chi connectivity index (χ2v) is 7.79. The fraction of sp³-hybridized carbons (Fsp3) is 0.500. The molecule has 0 aromatic heterocycles. The Labute approximate surface area is 155 Å². The van der Waals surface area contributed by atoms with Crippen LogP contribution in [0, 0.1) is 11.8 Å². The van der Waals surface area contributed by atoms with Crippen LogP contribution in [0.15, 0.2) is 35.9 Å². The number of carbonyl (C=O) groups excluding carboxylic acids is 1. The highest BCUT2D eigenvalue weighted by Crippen LogP contribution is 2.56. The van der Waals surface area contributed by atoms with E-state index in [9.17, 15) is 4.79 Å². The first-order valence-electron chi connectivity index (χ1n) is 9.41. The molecule has 2 heterocycles. The van der Waals surface area contributed by atoms with Crippen LogP contribution in [0.1, 0.15) is 37.8 Å². The van der Waals surface area contributed by atoms with Crippen LogP contribution >= 0.6 is 0 Å². The number of carbonyl (C=O) groups is 1. The molecule has 0 bridgehead atoms. The highest BCUT2D eigenvalue weighted by molar-refractivity contribution is 5.86. The molecule has 138 valence electrons. The quantitative estimate of drug-likeness (QED) is 0.775. The molecule has 1 amide bonds. The lowest BCUT2D eigenvalue weighted by Crippen LogP contribution is -2.51. The van der Waals surface area contributed by atoms with Crippen LogP contribution in [0.5, 0.6) is 11.5 Å². The number of methoxy groups -OCH3 is 2. The average Bonchev–Trinajstić information content (AvgIpc) is 2.89. The molecule has 0 radical (unpaired) electrons. The fourth-order valence-corrected chi connectivity index (χ4v) is 5.20. The van der Waals surface area contributed by atoms with Gasteiger partial charge < -0.3 is 14.4 Å². The SMILES string of the molecule is COc1cc2c(cc1OC)[C@]13CCC=C[C@H]1[C@@H](C=C(C)C)C(=O)N3CC2. The van der Waals surface area contributed by atoms with E-state index < -0.39 is 0 Å². The third kappa shape index (κ3) is 2.24. The predicted molar refractivity (Wildman–Crippen MR) is 101 cm³/mol. The van der Waals surface area contributed by atoms with Gasteiger partial charge in [-0.2, -0.15) is 0 Å². The van der Waals surface area contributed by atoms with Crippen molar-refractivity contribution in [1.29, 1.82) is 0 Å². The predicted octanol–water partition coefficient (Wildman–Crippen LogP) is 3.85. The molecular formula is C22H27NO3. The topological polar surface area (TPSA) is 38.8 Å². The standard InChI is InChI=1S/C22H27NO3/c1-14(2)11-16-17-7-5-6-9-22(17)18-13-20(26-4)19(25-3)12-15(18)8-10-23(22)21(16)24/h5,7,11-13,16-17H,6,8-10H2,1-4H3/t16-,17+,22+/m1/s1. The average molecular weight is 353 g/mol. The maximum atomic E-state index is 13.3. The molecule has 1 aromatic carbocycles. The first kappa shape index (κ1) is 17.2. The lowest BCUT2D eigenvalue weighted by atomic mass is 9.67. The molecule has 1 fully saturated rings. The zero-order valence-electron chi connectivity index (χ0n) is 16.0. The first-order chi connectivity index (χ1) is 12.5. The Morgan fingerprint density at radius 2 is 1.96 bits per heavy atom. The number of nitrogens with zero attached hydrogens (tertiary/aromatic N) is 1. The molecule has 4 rings (SSSR count). The molecule has 1 saturated heterocycles. The zero-order chi connectivity index (χ0) is 18.5. The normalized spacial score (nSPS) is 28.9. The van der Waals surface area contributed by atoms with E-state index in [1.54, 1.807) is 14.2 Å². The number of ether oxygens (including phenoxy) is 2. The molecule has 4 nitrogen and oxygen atoms in total. The highest BCUT2D eigenvalue weighted by atomic mass is 16.5. The number of hydrogen-bond donors (Lipinski definition) is 0. The molecule has 1 aliphatic carbocycles. The summed E-state index contributed by atoms with van der Waals surface area (Å²) >= 11 is 0. The summed E-state index contributed by atoms with van der Waals surface area (Å²) in [6, 6.07) is 4.22. The van der Waals surface area contributed by atoms with Gasteiger partial charge >= 0.3 is 0 Å². The van der Waals surface area contributed by atoms with Crippen molar-refractivity contribution in [3.63, 3.8) is 0 Å². The Bertz CT molecular complexity index is 806. The van der Waals surface area contributed by atoms with Crippen molar-refractivity contribution < 1.29 is 14.3 Å². The molecule has 0 unspecified atom stereocenters. The van der Waals surface area contributed by atoms with Crippen LogP contribution in [0.4, 0.5) is 0 Å². The minimum absolute atomic E-state index is 0.0735. The summed E-state index contributed by atoms with van der Waals surface area (Å²) < 4.78 is 11.1. The summed E-state index contributed by atoms with van der Waals surface area (Å²) in [5.74, 6) is 1.88. The lowest BCUT2D eigenvalue weighted by Gasteiger charge is -2.48. The van der Waals surface area contributed by atoms with E-state index in [0.29, 0.717) is 0 Å². The number of amides is 1. The number of rotatable bonds is 3. The Kier molecular flexibility index (Phi) is 4.09. The Hall–Kier alpha value is -2.23. The van der Waals surface area contributed by atoms with Gasteiger partial charge in [0.1, 0.15) is 0 Å². The maximum Gasteiger partial charge on any atom is 0.230 e. The summed E-state index contributed by atoms with van der Waals surface area (Å²) in [6.07, 6.45) is 9.50. The molecule has 4 heteroatoms. The van der Waals surface area contributed by atoms with Crippen molar-refractivity contribution in [3.8, 4) is 11.5 Å². The second kappa shape index (κ2) is 6.19. The van der Waals surface area contributed by atoms with Gasteiger partial charge in [0.05, 0.1) is 25.7 Å². The van der Waals surface area contributed by atoms with E-state index in [1.165, 1.54) is 16.7 Å². The fourth-order valence-electron chi connectivity index (χ4n) is 5.20. The van der Waals surface area contributed by atoms with E-state index in [-0.39, 0.29) is 23.3 Å². The van der Waals surface area contributed by atoms with E-state index >= 15 is 0 Å². The Morgan fingerprint density at radius 3 is 2.65 bits per heavy atom. The lowest BCUT2D eigenvalue weighted by molar-refractivity contribution is -0.134. The van der Waals surface area contributed by atoms with Crippen LogP contribution in [0.3, 0.4) is 0 Å². The summed E-state index contributed by atoms with van der Waals surface area (Å²) in [5, 5.41) is 0. The molecule has 1 aromatic rings. The summed E-state index contributed by atoms with van der Waals surface area (Å²) in [6.45, 7) is 4.93. The zero-order valence-corrected chi connectivity index (χ0v) is 16.0. The molecule has 1 spiro atoms. The van der Waals surface area contributed by atoms with Crippen molar-refractivity contribution in [1.82, 2.24) is 4.90 Å². The third-order valence-corrected chi connectivity index (χ3v) is 6.20. The molecule has 3 aliphatic rings. The summed E-state index contributed by atoms with van der Waals surface area (Å²) in [4.78, 5) is 15.5. The van der Waals surface area contributed by atoms with E-state index in [2.05, 4.69) is 49.1 Å². The molecular weight excluding hydrogens is 326 g/mol. The molecule has 26 heavy (non-hydrogen) atoms. The van der Waals surface area contributed by atoms with Crippen molar-refractivity contribution in [2.24, 2.45) is 11.8 Å². The Morgan fingerprint density at radius 1 is 1.23 bits per heavy atom. The molecule has 2 aliphatic heterocycles. The van der Waals surface area contributed by atoms with Gasteiger partial charge in [-0.1, -0.05) is 23.8 Å². The number of fused-ring (bicyclic) bond motifs is 1. The Balaban J connectivity index is 1.93. The van der Waals surface area contributed by atoms with Crippen molar-refractivity contribution >= 4 is 5.91 Å². The number of hydrogen-bond acceptors (Lipinski definition) is 3. The second-order valence-electron chi connectivity index (χ2n) is 7.79. The van der Waals surface area contributed by atoms with Gasteiger partial charge in [-0.05, 0) is 56.4 Å². The number of allylic oxidation sites excluding steroid dienone is 2. The smallest absolute Gasteiger partial charge is 0.230 e. The summed E-state index contributed by atoms with van der Waals surface area (Å²) in [5.41, 5.74) is 3.47. The minimum Gasteiger partial charge on any atom is -0.493 e. The molecule has 0 saturated carbocycles. The van der Waals surface area contributed by atoms with Crippen molar-refractivity contribution in [2.45, 2.75) is 38.6 Å². The minimum atomic E-state index is -0.254. The van der Waals surface area contributed by atoms with Crippen LogP contribution in [0.2, 0.25) is 0 Å². The largest absolute Gasteiger partial charge is 0.493 e.